The summed E-state index contributed by atoms with van der Waals surface area (Å²) in [5, 5.41) is 2.20. The smallest absolute Gasteiger partial charge is 0.119 e. The molecule has 1 aromatic carbocycles. The fourth-order valence-electron chi connectivity index (χ4n) is 2.71. The van der Waals surface area contributed by atoms with Crippen molar-refractivity contribution in [2.45, 2.75) is 19.4 Å². The zero-order valence-corrected chi connectivity index (χ0v) is 12.5. The highest BCUT2D eigenvalue weighted by Crippen LogP contribution is 2.32. The minimum Gasteiger partial charge on any atom is -0.492 e. The largest absolute Gasteiger partial charge is 0.492 e. The molecule has 2 aromatic rings. The van der Waals surface area contributed by atoms with E-state index in [9.17, 15) is 0 Å². The minimum absolute atomic E-state index is 0.500. The molecule has 1 unspecified atom stereocenters. The van der Waals surface area contributed by atoms with Gasteiger partial charge in [-0.25, -0.2) is 0 Å². The van der Waals surface area contributed by atoms with Gasteiger partial charge in [-0.2, -0.15) is 0 Å². The molecule has 0 saturated heterocycles. The van der Waals surface area contributed by atoms with Crippen molar-refractivity contribution >= 4 is 17.0 Å². The van der Waals surface area contributed by atoms with Crippen LogP contribution in [0.4, 0.5) is 5.69 Å². The monoisotopic (exact) mass is 288 g/mol. The number of benzene rings is 1. The maximum Gasteiger partial charge on any atom is 0.119 e. The van der Waals surface area contributed by atoms with E-state index in [1.807, 2.05) is 35.6 Å². The van der Waals surface area contributed by atoms with Crippen molar-refractivity contribution in [3.8, 4) is 5.75 Å². The Morgan fingerprint density at radius 2 is 2.10 bits per heavy atom. The Labute approximate surface area is 124 Å². The van der Waals surface area contributed by atoms with Crippen molar-refractivity contribution < 1.29 is 4.74 Å². The van der Waals surface area contributed by atoms with Gasteiger partial charge >= 0.3 is 0 Å². The quantitative estimate of drug-likeness (QED) is 0.877. The van der Waals surface area contributed by atoms with Crippen LogP contribution in [0.5, 0.6) is 5.75 Å². The Hall–Kier alpha value is -1.52. The fourth-order valence-corrected chi connectivity index (χ4v) is 3.67. The molecule has 2 heterocycles. The molecule has 4 heteroatoms. The Kier molecular flexibility index (Phi) is 3.94. The number of ether oxygens (including phenoxy) is 1. The van der Waals surface area contributed by atoms with Gasteiger partial charge in [-0.1, -0.05) is 0 Å². The molecule has 1 atom stereocenters. The fraction of sp³-hybridized carbons (Fsp3) is 0.375. The lowest BCUT2D eigenvalue weighted by molar-refractivity contribution is 0.161. The Morgan fingerprint density at radius 1 is 1.30 bits per heavy atom. The molecule has 106 valence electrons. The summed E-state index contributed by atoms with van der Waals surface area (Å²) in [6.07, 6.45) is 1.17. The van der Waals surface area contributed by atoms with E-state index in [0.29, 0.717) is 12.6 Å². The second kappa shape index (κ2) is 5.85. The second-order valence-corrected chi connectivity index (χ2v) is 6.18. The zero-order chi connectivity index (χ0) is 13.9. The zero-order valence-electron chi connectivity index (χ0n) is 11.7. The average Bonchev–Trinajstić information content (AvgIpc) is 2.93. The summed E-state index contributed by atoms with van der Waals surface area (Å²) in [7, 11) is 0. The van der Waals surface area contributed by atoms with Crippen molar-refractivity contribution in [2.24, 2.45) is 0 Å². The van der Waals surface area contributed by atoms with Gasteiger partial charge in [-0.15, -0.1) is 11.3 Å². The van der Waals surface area contributed by atoms with Gasteiger partial charge in [0.15, 0.2) is 0 Å². The Bertz CT molecular complexity index is 564. The number of hydrogen-bond donors (Lipinski definition) is 1. The van der Waals surface area contributed by atoms with Gasteiger partial charge in [-0.05, 0) is 54.6 Å². The van der Waals surface area contributed by atoms with Gasteiger partial charge in [0.05, 0.1) is 0 Å². The molecule has 1 aromatic heterocycles. The van der Waals surface area contributed by atoms with Crippen LogP contribution >= 0.6 is 11.3 Å². The number of nitrogens with zero attached hydrogens (tertiary/aromatic N) is 1. The maximum atomic E-state index is 5.79. The van der Waals surface area contributed by atoms with Gasteiger partial charge in [0.2, 0.25) is 0 Å². The van der Waals surface area contributed by atoms with E-state index in [4.69, 9.17) is 10.5 Å². The molecule has 20 heavy (non-hydrogen) atoms. The van der Waals surface area contributed by atoms with E-state index in [1.54, 1.807) is 4.88 Å². The SMILES string of the molecule is CC1c2ccsc2CCN1CCOc1ccc(N)cc1. The predicted molar refractivity (Wildman–Crippen MR) is 84.4 cm³/mol. The van der Waals surface area contributed by atoms with Gasteiger partial charge in [0.1, 0.15) is 12.4 Å². The van der Waals surface area contributed by atoms with Crippen LogP contribution in [0.2, 0.25) is 0 Å². The molecular formula is C16H20N2OS. The third-order valence-electron chi connectivity index (χ3n) is 3.93. The molecule has 1 aliphatic rings. The molecule has 0 fully saturated rings. The lowest BCUT2D eigenvalue weighted by Crippen LogP contribution is -2.36. The van der Waals surface area contributed by atoms with Crippen molar-refractivity contribution in [3.63, 3.8) is 0 Å². The van der Waals surface area contributed by atoms with E-state index in [0.717, 1.165) is 24.5 Å². The number of rotatable bonds is 4. The lowest BCUT2D eigenvalue weighted by atomic mass is 10.0. The minimum atomic E-state index is 0.500. The molecule has 0 spiro atoms. The summed E-state index contributed by atoms with van der Waals surface area (Å²) >= 11 is 1.88. The van der Waals surface area contributed by atoms with Crippen LogP contribution in [0.1, 0.15) is 23.4 Å². The number of thiophene rings is 1. The van der Waals surface area contributed by atoms with E-state index in [1.165, 1.54) is 12.0 Å². The molecular weight excluding hydrogens is 268 g/mol. The van der Waals surface area contributed by atoms with Gasteiger partial charge in [-0.3, -0.25) is 4.90 Å². The number of nitrogen functional groups attached to an aromatic ring is 1. The Morgan fingerprint density at radius 3 is 2.90 bits per heavy atom. The van der Waals surface area contributed by atoms with Crippen molar-refractivity contribution in [1.29, 1.82) is 0 Å². The van der Waals surface area contributed by atoms with E-state index in [-0.39, 0.29) is 0 Å². The van der Waals surface area contributed by atoms with Crippen LogP contribution < -0.4 is 10.5 Å². The molecule has 0 amide bonds. The maximum absolute atomic E-state index is 5.79. The third-order valence-corrected chi connectivity index (χ3v) is 4.93. The standard InChI is InChI=1S/C16H20N2OS/c1-12-15-7-11-20-16(15)6-8-18(12)9-10-19-14-4-2-13(17)3-5-14/h2-5,7,11-12H,6,8-10,17H2,1H3. The van der Waals surface area contributed by atoms with Gasteiger partial charge in [0.25, 0.3) is 0 Å². The van der Waals surface area contributed by atoms with E-state index in [2.05, 4.69) is 23.3 Å². The van der Waals surface area contributed by atoms with Crippen LogP contribution in [0.25, 0.3) is 0 Å². The van der Waals surface area contributed by atoms with Crippen molar-refractivity contribution in [2.75, 3.05) is 25.4 Å². The summed E-state index contributed by atoms with van der Waals surface area (Å²) in [5.74, 6) is 0.889. The van der Waals surface area contributed by atoms with E-state index < -0.39 is 0 Å². The first-order chi connectivity index (χ1) is 9.74. The summed E-state index contributed by atoms with van der Waals surface area (Å²) < 4.78 is 5.79. The van der Waals surface area contributed by atoms with E-state index >= 15 is 0 Å². The van der Waals surface area contributed by atoms with Crippen LogP contribution in [-0.4, -0.2) is 24.6 Å². The molecule has 0 aliphatic carbocycles. The lowest BCUT2D eigenvalue weighted by Gasteiger charge is -2.33. The topological polar surface area (TPSA) is 38.5 Å². The van der Waals surface area contributed by atoms with Crippen LogP contribution in [-0.2, 0) is 6.42 Å². The summed E-state index contributed by atoms with van der Waals surface area (Å²) in [6, 6.07) is 10.3. The summed E-state index contributed by atoms with van der Waals surface area (Å²) in [6.45, 7) is 5.09. The highest BCUT2D eigenvalue weighted by Gasteiger charge is 2.24. The number of fused-ring (bicyclic) bond motifs is 1. The van der Waals surface area contributed by atoms with Crippen LogP contribution in [0.3, 0.4) is 0 Å². The molecule has 0 radical (unpaired) electrons. The number of anilines is 1. The summed E-state index contributed by atoms with van der Waals surface area (Å²) in [5.41, 5.74) is 7.93. The van der Waals surface area contributed by atoms with Gasteiger partial charge in [0, 0.05) is 29.7 Å². The predicted octanol–water partition coefficient (Wildman–Crippen LogP) is 3.33. The molecule has 3 rings (SSSR count). The number of hydrogen-bond acceptors (Lipinski definition) is 4. The van der Waals surface area contributed by atoms with Crippen LogP contribution in [0.15, 0.2) is 35.7 Å². The number of nitrogens with two attached hydrogens (primary N) is 1. The molecule has 0 bridgehead atoms. The van der Waals surface area contributed by atoms with Crippen molar-refractivity contribution in [3.05, 3.63) is 46.2 Å². The first-order valence-electron chi connectivity index (χ1n) is 7.02. The highest BCUT2D eigenvalue weighted by atomic mass is 32.1. The molecule has 1 aliphatic heterocycles. The molecule has 3 nitrogen and oxygen atoms in total. The second-order valence-electron chi connectivity index (χ2n) is 5.18. The van der Waals surface area contributed by atoms with Crippen LogP contribution in [0, 0.1) is 0 Å². The molecule has 0 saturated carbocycles. The molecule has 2 N–H and O–H groups in total. The van der Waals surface area contributed by atoms with Crippen molar-refractivity contribution in [1.82, 2.24) is 4.90 Å². The third kappa shape index (κ3) is 2.81. The highest BCUT2D eigenvalue weighted by molar-refractivity contribution is 7.10. The average molecular weight is 288 g/mol. The summed E-state index contributed by atoms with van der Waals surface area (Å²) in [4.78, 5) is 4.04. The van der Waals surface area contributed by atoms with Gasteiger partial charge < -0.3 is 10.5 Å². The Balaban J connectivity index is 1.53. The first kappa shape index (κ1) is 13.5. The normalized spacial score (nSPS) is 18.8. The first-order valence-corrected chi connectivity index (χ1v) is 7.90.